The Morgan fingerprint density at radius 3 is 2.35 bits per heavy atom. The van der Waals surface area contributed by atoms with Crippen molar-refractivity contribution in [2.75, 3.05) is 7.11 Å². The van der Waals surface area contributed by atoms with Crippen LogP contribution < -0.4 is 14.2 Å². The second kappa shape index (κ2) is 10.3. The van der Waals surface area contributed by atoms with E-state index < -0.39 is 21.7 Å². The molecule has 0 aliphatic heterocycles. The van der Waals surface area contributed by atoms with Gasteiger partial charge in [0.1, 0.15) is 17.1 Å². The molecule has 4 aromatic rings. The van der Waals surface area contributed by atoms with E-state index in [1.165, 1.54) is 43.6 Å². The van der Waals surface area contributed by atoms with Crippen molar-refractivity contribution in [3.63, 3.8) is 0 Å². The zero-order valence-electron chi connectivity index (χ0n) is 20.4. The largest absolute Gasteiger partial charge is 0.481 e. The van der Waals surface area contributed by atoms with E-state index in [-0.39, 0.29) is 33.6 Å². The van der Waals surface area contributed by atoms with Crippen molar-refractivity contribution in [2.24, 2.45) is 0 Å². The van der Waals surface area contributed by atoms with Gasteiger partial charge in [-0.25, -0.2) is 24.1 Å². The minimum absolute atomic E-state index is 0.109. The standard InChI is InChI=1S/C26H23FN4O5S/c1-15-11-16(2)23(17(3)12-15)36-26-19(24(32)31-37(33,34)22-7-5-6-10-28-22)8-9-21(30-26)20-13-18(27)14-29-25(20)35-4/h5-14H,1-4H3,(H,31,32). The van der Waals surface area contributed by atoms with Crippen molar-refractivity contribution in [3.05, 3.63) is 89.0 Å². The van der Waals surface area contributed by atoms with Crippen LogP contribution in [0.2, 0.25) is 0 Å². The molecule has 0 atom stereocenters. The van der Waals surface area contributed by atoms with E-state index in [1.54, 1.807) is 6.07 Å². The number of carbonyl (C=O) groups is 1. The molecule has 3 heterocycles. The number of aryl methyl sites for hydroxylation is 3. The Hall–Kier alpha value is -4.38. The highest BCUT2D eigenvalue weighted by atomic mass is 32.2. The number of ether oxygens (including phenoxy) is 2. The quantitative estimate of drug-likeness (QED) is 0.376. The summed E-state index contributed by atoms with van der Waals surface area (Å²) in [4.78, 5) is 25.3. The summed E-state index contributed by atoms with van der Waals surface area (Å²) in [7, 11) is -2.89. The van der Waals surface area contributed by atoms with Crippen LogP contribution in [0.15, 0.2) is 66.0 Å². The first-order valence-electron chi connectivity index (χ1n) is 11.0. The predicted octanol–water partition coefficient (Wildman–Crippen LogP) is 4.52. The Morgan fingerprint density at radius 2 is 1.70 bits per heavy atom. The SMILES string of the molecule is COc1ncc(F)cc1-c1ccc(C(=O)NS(=O)(=O)c2ccccn2)c(Oc2c(C)cc(C)cc2C)n1. The van der Waals surface area contributed by atoms with E-state index >= 15 is 0 Å². The first-order chi connectivity index (χ1) is 17.6. The monoisotopic (exact) mass is 522 g/mol. The Balaban J connectivity index is 1.82. The summed E-state index contributed by atoms with van der Waals surface area (Å²) in [6.45, 7) is 5.61. The number of carbonyl (C=O) groups excluding carboxylic acids is 1. The number of amides is 1. The number of aromatic nitrogens is 3. The molecular formula is C26H23FN4O5S. The molecule has 0 spiro atoms. The Labute approximate surface area is 213 Å². The fourth-order valence-corrected chi connectivity index (χ4v) is 4.69. The normalized spacial score (nSPS) is 11.2. The Kier molecular flexibility index (Phi) is 7.16. The van der Waals surface area contributed by atoms with E-state index in [0.29, 0.717) is 5.75 Å². The zero-order valence-corrected chi connectivity index (χ0v) is 21.3. The fourth-order valence-electron chi connectivity index (χ4n) is 3.77. The van der Waals surface area contributed by atoms with E-state index in [0.717, 1.165) is 22.9 Å². The van der Waals surface area contributed by atoms with Gasteiger partial charge in [0.05, 0.1) is 24.6 Å². The molecule has 0 unspecified atom stereocenters. The Morgan fingerprint density at radius 1 is 0.973 bits per heavy atom. The number of hydrogen-bond acceptors (Lipinski definition) is 8. The summed E-state index contributed by atoms with van der Waals surface area (Å²) in [5.41, 5.74) is 2.83. The highest BCUT2D eigenvalue weighted by Crippen LogP contribution is 2.34. The molecule has 1 amide bonds. The molecule has 11 heteroatoms. The number of rotatable bonds is 7. The molecule has 0 fully saturated rings. The van der Waals surface area contributed by atoms with Crippen LogP contribution in [0.1, 0.15) is 27.0 Å². The molecule has 1 N–H and O–H groups in total. The topological polar surface area (TPSA) is 120 Å². The van der Waals surface area contributed by atoms with Crippen LogP contribution in [0.4, 0.5) is 4.39 Å². The van der Waals surface area contributed by atoms with Gasteiger partial charge in [0.2, 0.25) is 11.8 Å². The van der Waals surface area contributed by atoms with Gasteiger partial charge < -0.3 is 9.47 Å². The average Bonchev–Trinajstić information content (AvgIpc) is 2.86. The average molecular weight is 523 g/mol. The molecule has 0 aliphatic rings. The highest BCUT2D eigenvalue weighted by Gasteiger charge is 2.25. The van der Waals surface area contributed by atoms with E-state index in [4.69, 9.17) is 9.47 Å². The van der Waals surface area contributed by atoms with Gasteiger partial charge >= 0.3 is 0 Å². The lowest BCUT2D eigenvalue weighted by molar-refractivity contribution is 0.0978. The summed E-state index contributed by atoms with van der Waals surface area (Å²) in [6.07, 6.45) is 2.30. The van der Waals surface area contributed by atoms with Crippen molar-refractivity contribution >= 4 is 15.9 Å². The van der Waals surface area contributed by atoms with Crippen LogP contribution in [0, 0.1) is 26.6 Å². The summed E-state index contributed by atoms with van der Waals surface area (Å²) >= 11 is 0. The number of sulfonamides is 1. The van der Waals surface area contributed by atoms with Crippen LogP contribution in [0.5, 0.6) is 17.5 Å². The lowest BCUT2D eigenvalue weighted by atomic mass is 10.1. The maximum Gasteiger partial charge on any atom is 0.281 e. The summed E-state index contributed by atoms with van der Waals surface area (Å²) in [6, 6.07) is 12.0. The van der Waals surface area contributed by atoms with E-state index in [1.807, 2.05) is 37.6 Å². The Bertz CT molecular complexity index is 1570. The molecule has 4 rings (SSSR count). The summed E-state index contributed by atoms with van der Waals surface area (Å²) in [5.74, 6) is -1.23. The number of nitrogens with one attached hydrogen (secondary N) is 1. The second-order valence-corrected chi connectivity index (χ2v) is 9.82. The van der Waals surface area contributed by atoms with Crippen LogP contribution in [-0.4, -0.2) is 36.4 Å². The van der Waals surface area contributed by atoms with Crippen LogP contribution in [-0.2, 0) is 10.0 Å². The van der Waals surface area contributed by atoms with Gasteiger partial charge in [-0.05, 0) is 62.2 Å². The number of nitrogens with zero attached hydrogens (tertiary/aromatic N) is 3. The lowest BCUT2D eigenvalue weighted by Crippen LogP contribution is -2.31. The molecule has 0 saturated carbocycles. The number of halogens is 1. The van der Waals surface area contributed by atoms with Gasteiger partial charge in [-0.2, -0.15) is 8.42 Å². The van der Waals surface area contributed by atoms with Crippen molar-refractivity contribution in [1.82, 2.24) is 19.7 Å². The molecule has 0 bridgehead atoms. The molecule has 0 aliphatic carbocycles. The maximum absolute atomic E-state index is 14.0. The van der Waals surface area contributed by atoms with Crippen molar-refractivity contribution in [1.29, 1.82) is 0 Å². The third kappa shape index (κ3) is 5.56. The van der Waals surface area contributed by atoms with E-state index in [2.05, 4.69) is 15.0 Å². The number of pyridine rings is 3. The minimum Gasteiger partial charge on any atom is -0.481 e. The third-order valence-electron chi connectivity index (χ3n) is 5.34. The van der Waals surface area contributed by atoms with Crippen LogP contribution in [0.3, 0.4) is 0 Å². The van der Waals surface area contributed by atoms with Gasteiger partial charge in [0.15, 0.2) is 5.03 Å². The molecule has 0 saturated heterocycles. The molecule has 9 nitrogen and oxygen atoms in total. The number of benzene rings is 1. The van der Waals surface area contributed by atoms with Gasteiger partial charge in [-0.1, -0.05) is 23.8 Å². The second-order valence-electron chi connectivity index (χ2n) is 8.19. The van der Waals surface area contributed by atoms with Gasteiger partial charge in [-0.3, -0.25) is 4.79 Å². The highest BCUT2D eigenvalue weighted by molar-refractivity contribution is 7.90. The van der Waals surface area contributed by atoms with Crippen molar-refractivity contribution < 1.29 is 27.1 Å². The number of methoxy groups -OCH3 is 1. The molecule has 37 heavy (non-hydrogen) atoms. The summed E-state index contributed by atoms with van der Waals surface area (Å²) in [5, 5.41) is -0.323. The van der Waals surface area contributed by atoms with Gasteiger partial charge in [0.25, 0.3) is 15.9 Å². The molecular weight excluding hydrogens is 499 g/mol. The summed E-state index contributed by atoms with van der Waals surface area (Å²) < 4.78 is 52.8. The van der Waals surface area contributed by atoms with Gasteiger partial charge in [0, 0.05) is 6.20 Å². The minimum atomic E-state index is -4.27. The molecule has 3 aromatic heterocycles. The lowest BCUT2D eigenvalue weighted by Gasteiger charge is -2.16. The third-order valence-corrected chi connectivity index (χ3v) is 6.58. The first kappa shape index (κ1) is 25.7. The number of hydrogen-bond donors (Lipinski definition) is 1. The molecule has 0 radical (unpaired) electrons. The zero-order chi connectivity index (χ0) is 26.7. The van der Waals surface area contributed by atoms with Crippen LogP contribution in [0.25, 0.3) is 11.3 Å². The molecule has 190 valence electrons. The van der Waals surface area contributed by atoms with Crippen molar-refractivity contribution in [2.45, 2.75) is 25.8 Å². The van der Waals surface area contributed by atoms with Crippen LogP contribution >= 0.6 is 0 Å². The predicted molar refractivity (Wildman–Crippen MR) is 134 cm³/mol. The van der Waals surface area contributed by atoms with Crippen molar-refractivity contribution in [3.8, 4) is 28.8 Å². The smallest absolute Gasteiger partial charge is 0.281 e. The van der Waals surface area contributed by atoms with Gasteiger partial charge in [-0.15, -0.1) is 0 Å². The maximum atomic E-state index is 14.0. The molecule has 1 aromatic carbocycles. The first-order valence-corrected chi connectivity index (χ1v) is 12.5. The fraction of sp³-hybridized carbons (Fsp3) is 0.154. The van der Waals surface area contributed by atoms with E-state index in [9.17, 15) is 17.6 Å².